The monoisotopic (exact) mass is 509 g/mol. The molecule has 0 saturated carbocycles. The smallest absolute Gasteiger partial charge is 0.356 e. The lowest BCUT2D eigenvalue weighted by molar-refractivity contribution is -0.137. The summed E-state index contributed by atoms with van der Waals surface area (Å²) in [6.45, 7) is 3.72. The van der Waals surface area contributed by atoms with Crippen LogP contribution in [0.1, 0.15) is 31.0 Å². The van der Waals surface area contributed by atoms with Crippen LogP contribution in [-0.2, 0) is 21.8 Å². The van der Waals surface area contributed by atoms with Gasteiger partial charge in [-0.25, -0.2) is 13.4 Å². The van der Waals surface area contributed by atoms with Crippen LogP contribution in [0.4, 0.5) is 19.0 Å². The van der Waals surface area contributed by atoms with Crippen LogP contribution in [0.5, 0.6) is 0 Å². The maximum Gasteiger partial charge on any atom is 0.418 e. The number of piperidine rings is 1. The minimum absolute atomic E-state index is 0.0262. The van der Waals surface area contributed by atoms with Gasteiger partial charge in [-0.15, -0.1) is 0 Å². The van der Waals surface area contributed by atoms with E-state index in [0.29, 0.717) is 11.7 Å². The second-order valence-electron chi connectivity index (χ2n) is 8.46. The summed E-state index contributed by atoms with van der Waals surface area (Å²) in [5.41, 5.74) is -1.34. The molecule has 0 unspecified atom stereocenters. The number of alkyl halides is 3. The molecule has 0 radical (unpaired) electrons. The van der Waals surface area contributed by atoms with Gasteiger partial charge in [-0.3, -0.25) is 4.98 Å². The number of hydrogen-bond donors (Lipinski definition) is 0. The Balaban J connectivity index is 1.68. The van der Waals surface area contributed by atoms with Crippen LogP contribution in [0.25, 0.3) is 11.3 Å². The molecule has 1 aliphatic rings. The lowest BCUT2D eigenvalue weighted by atomic mass is 10.0. The molecule has 0 aliphatic carbocycles. The molecule has 0 N–H and O–H groups in total. The van der Waals surface area contributed by atoms with Crippen LogP contribution in [-0.4, -0.2) is 31.5 Å². The van der Waals surface area contributed by atoms with Gasteiger partial charge in [-0.1, -0.05) is 42.8 Å². The quantitative estimate of drug-likeness (QED) is 0.420. The first kappa shape index (κ1) is 24.5. The molecule has 1 aliphatic heterocycles. The van der Waals surface area contributed by atoms with Crippen molar-refractivity contribution >= 4 is 27.3 Å². The van der Waals surface area contributed by atoms with Crippen molar-refractivity contribution in [2.75, 3.05) is 18.0 Å². The Bertz CT molecular complexity index is 1300. The Hall–Kier alpha value is -2.65. The highest BCUT2D eigenvalue weighted by atomic mass is 35.5. The van der Waals surface area contributed by atoms with E-state index in [2.05, 4.69) is 21.8 Å². The molecule has 2 aromatic heterocycles. The van der Waals surface area contributed by atoms with E-state index in [1.807, 2.05) is 0 Å². The number of sulfone groups is 1. The van der Waals surface area contributed by atoms with Crippen molar-refractivity contribution in [1.82, 2.24) is 9.97 Å². The summed E-state index contributed by atoms with van der Waals surface area (Å²) in [7, 11) is -3.96. The highest BCUT2D eigenvalue weighted by Gasteiger charge is 2.35. The van der Waals surface area contributed by atoms with Crippen LogP contribution in [0.15, 0.2) is 59.6 Å². The van der Waals surface area contributed by atoms with Gasteiger partial charge in [0.05, 0.1) is 22.7 Å². The van der Waals surface area contributed by atoms with Gasteiger partial charge >= 0.3 is 6.18 Å². The number of hydrogen-bond acceptors (Lipinski definition) is 5. The average Bonchev–Trinajstić information content (AvgIpc) is 2.78. The van der Waals surface area contributed by atoms with Crippen LogP contribution in [0.3, 0.4) is 0 Å². The van der Waals surface area contributed by atoms with Crippen molar-refractivity contribution in [3.8, 4) is 11.3 Å². The van der Waals surface area contributed by atoms with Crippen molar-refractivity contribution in [3.63, 3.8) is 0 Å². The van der Waals surface area contributed by atoms with Gasteiger partial charge in [0.1, 0.15) is 5.82 Å². The number of halogens is 4. The predicted octanol–water partition coefficient (Wildman–Crippen LogP) is 6.03. The normalized spacial score (nSPS) is 17.1. The summed E-state index contributed by atoms with van der Waals surface area (Å²) in [6.07, 6.45) is -2.57. The largest absolute Gasteiger partial charge is 0.418 e. The first-order valence-corrected chi connectivity index (χ1v) is 12.8. The van der Waals surface area contributed by atoms with E-state index in [1.165, 1.54) is 18.2 Å². The zero-order valence-electron chi connectivity index (χ0n) is 18.4. The maximum atomic E-state index is 13.6. The van der Waals surface area contributed by atoms with Gasteiger partial charge in [0.2, 0.25) is 9.84 Å². The third-order valence-corrected chi connectivity index (χ3v) is 7.60. The standard InChI is InChI=1S/C24H23ClF3N3O2S/c1-16-6-5-13-31(14-16)21-9-4-10-22(30-21)34(32,33)15-17-11-12-19(24(26,27)28)23(29-17)18-7-2-3-8-20(18)25/h2-4,7-12,16H,5-6,13-15H2,1H3/t16-/m0/s1. The van der Waals surface area contributed by atoms with E-state index in [1.54, 1.807) is 24.3 Å². The number of rotatable bonds is 5. The molecule has 1 atom stereocenters. The number of benzene rings is 1. The molecular formula is C24H23ClF3N3O2S. The van der Waals surface area contributed by atoms with Crippen molar-refractivity contribution < 1.29 is 21.6 Å². The minimum atomic E-state index is -4.68. The molecule has 0 bridgehead atoms. The topological polar surface area (TPSA) is 63.2 Å². The molecule has 5 nitrogen and oxygen atoms in total. The minimum Gasteiger partial charge on any atom is -0.356 e. The lowest BCUT2D eigenvalue weighted by Gasteiger charge is -2.32. The molecule has 3 aromatic rings. The van der Waals surface area contributed by atoms with Crippen molar-refractivity contribution in [1.29, 1.82) is 0 Å². The van der Waals surface area contributed by atoms with E-state index in [9.17, 15) is 21.6 Å². The molecule has 4 rings (SSSR count). The summed E-state index contributed by atoms with van der Waals surface area (Å²) in [5, 5.41) is -0.0464. The first-order chi connectivity index (χ1) is 16.0. The SMILES string of the molecule is C[C@H]1CCCN(c2cccc(S(=O)(=O)Cc3ccc(C(F)(F)F)c(-c4ccccc4Cl)n3)n2)C1. The molecule has 1 fully saturated rings. The van der Waals surface area contributed by atoms with Crippen LogP contribution < -0.4 is 4.90 Å². The van der Waals surface area contributed by atoms with Gasteiger partial charge in [-0.2, -0.15) is 13.2 Å². The maximum absolute atomic E-state index is 13.6. The number of anilines is 1. The zero-order valence-corrected chi connectivity index (χ0v) is 20.0. The fraction of sp³-hybridized carbons (Fsp3) is 0.333. The van der Waals surface area contributed by atoms with E-state index < -0.39 is 33.0 Å². The van der Waals surface area contributed by atoms with Gasteiger partial charge in [0, 0.05) is 23.7 Å². The molecule has 3 heterocycles. The van der Waals surface area contributed by atoms with E-state index in [0.717, 1.165) is 38.1 Å². The number of aromatic nitrogens is 2. The lowest BCUT2D eigenvalue weighted by Crippen LogP contribution is -2.35. The molecule has 34 heavy (non-hydrogen) atoms. The Kier molecular flexibility index (Phi) is 6.87. The van der Waals surface area contributed by atoms with Gasteiger partial charge in [0.25, 0.3) is 0 Å². The molecule has 1 saturated heterocycles. The molecule has 0 amide bonds. The summed E-state index contributed by atoms with van der Waals surface area (Å²) >= 11 is 6.12. The third kappa shape index (κ3) is 5.36. The van der Waals surface area contributed by atoms with E-state index >= 15 is 0 Å². The Labute approximate surface area is 201 Å². The predicted molar refractivity (Wildman–Crippen MR) is 125 cm³/mol. The second kappa shape index (κ2) is 9.54. The average molecular weight is 510 g/mol. The fourth-order valence-corrected chi connectivity index (χ4v) is 5.53. The van der Waals surface area contributed by atoms with Crippen LogP contribution >= 0.6 is 11.6 Å². The van der Waals surface area contributed by atoms with Crippen molar-refractivity contribution in [2.24, 2.45) is 5.92 Å². The van der Waals surface area contributed by atoms with Gasteiger partial charge < -0.3 is 4.90 Å². The van der Waals surface area contributed by atoms with Crippen molar-refractivity contribution in [2.45, 2.75) is 36.7 Å². The molecule has 1 aromatic carbocycles. The molecule has 0 spiro atoms. The highest BCUT2D eigenvalue weighted by molar-refractivity contribution is 7.90. The van der Waals surface area contributed by atoms with E-state index in [4.69, 9.17) is 11.6 Å². The summed E-state index contributed by atoms with van der Waals surface area (Å²) in [4.78, 5) is 10.5. The Morgan fingerprint density at radius 3 is 2.53 bits per heavy atom. The van der Waals surface area contributed by atoms with Crippen LogP contribution in [0, 0.1) is 5.92 Å². The number of nitrogens with zero attached hydrogens (tertiary/aromatic N) is 3. The molecule has 180 valence electrons. The molecule has 10 heteroatoms. The van der Waals surface area contributed by atoms with Gasteiger partial charge in [-0.05, 0) is 49.1 Å². The summed E-state index contributed by atoms with van der Waals surface area (Å²) < 4.78 is 67.2. The number of pyridine rings is 2. The van der Waals surface area contributed by atoms with Gasteiger partial charge in [0.15, 0.2) is 5.03 Å². The summed E-state index contributed by atoms with van der Waals surface area (Å²) in [6, 6.07) is 12.7. The van der Waals surface area contributed by atoms with Crippen LogP contribution in [0.2, 0.25) is 5.02 Å². The Morgan fingerprint density at radius 1 is 1.06 bits per heavy atom. The third-order valence-electron chi connectivity index (χ3n) is 5.73. The fourth-order valence-electron chi connectivity index (χ4n) is 4.09. The highest BCUT2D eigenvalue weighted by Crippen LogP contribution is 2.38. The second-order valence-corrected chi connectivity index (χ2v) is 10.8. The summed E-state index contributed by atoms with van der Waals surface area (Å²) in [5.74, 6) is 0.468. The van der Waals surface area contributed by atoms with E-state index in [-0.39, 0.29) is 21.3 Å². The first-order valence-electron chi connectivity index (χ1n) is 10.8. The zero-order chi connectivity index (χ0) is 24.5. The van der Waals surface area contributed by atoms with Crippen molar-refractivity contribution in [3.05, 3.63) is 70.9 Å². The Morgan fingerprint density at radius 2 is 1.82 bits per heavy atom. The molecular weight excluding hydrogens is 487 g/mol.